The third-order valence-electron chi connectivity index (χ3n) is 2.24. The van der Waals surface area contributed by atoms with E-state index in [9.17, 15) is 0 Å². The summed E-state index contributed by atoms with van der Waals surface area (Å²) in [6.07, 6.45) is 1.92. The fraction of sp³-hybridized carbons (Fsp3) is 0.333. The van der Waals surface area contributed by atoms with Crippen LogP contribution in [0.2, 0.25) is 0 Å². The number of ether oxygens (including phenoxy) is 1. The van der Waals surface area contributed by atoms with E-state index in [1.54, 1.807) is 7.11 Å². The molecule has 0 aliphatic carbocycles. The molecule has 2 nitrogen and oxygen atoms in total. The molecule has 0 bridgehead atoms. The van der Waals surface area contributed by atoms with Crippen LogP contribution in [-0.4, -0.2) is 25.8 Å². The molecule has 0 saturated heterocycles. The van der Waals surface area contributed by atoms with Crippen LogP contribution in [0.4, 0.5) is 0 Å². The second-order valence-electron chi connectivity index (χ2n) is 3.41. The molecule has 15 heavy (non-hydrogen) atoms. The molecule has 1 rings (SSSR count). The topological polar surface area (TPSA) is 12.5 Å². The number of hydrogen-bond donors (Lipinski definition) is 0. The van der Waals surface area contributed by atoms with Crippen molar-refractivity contribution in [2.24, 2.45) is 0 Å². The molecule has 1 aromatic rings. The molecule has 0 radical (unpaired) electrons. The summed E-state index contributed by atoms with van der Waals surface area (Å²) in [7, 11) is 3.70. The van der Waals surface area contributed by atoms with Gasteiger partial charge in [0, 0.05) is 11.6 Å². The van der Waals surface area contributed by atoms with E-state index >= 15 is 0 Å². The van der Waals surface area contributed by atoms with E-state index in [-0.39, 0.29) is 6.04 Å². The molecule has 0 saturated carbocycles. The third-order valence-corrected chi connectivity index (χ3v) is 2.77. The Kier molecular flexibility index (Phi) is 5.02. The number of halogens is 1. The summed E-state index contributed by atoms with van der Waals surface area (Å²) in [5.74, 6) is 0. The quantitative estimate of drug-likeness (QED) is 0.601. The van der Waals surface area contributed by atoms with Gasteiger partial charge in [0.25, 0.3) is 0 Å². The zero-order chi connectivity index (χ0) is 11.3. The summed E-state index contributed by atoms with van der Waals surface area (Å²) in [6, 6.07) is 8.43. The predicted octanol–water partition coefficient (Wildman–Crippen LogP) is 3.21. The van der Waals surface area contributed by atoms with Crippen LogP contribution in [0.3, 0.4) is 0 Å². The van der Waals surface area contributed by atoms with Crippen LogP contribution in [0.1, 0.15) is 11.6 Å². The molecule has 0 aliphatic heterocycles. The molecule has 0 heterocycles. The summed E-state index contributed by atoms with van der Waals surface area (Å²) < 4.78 is 6.19. The summed E-state index contributed by atoms with van der Waals surface area (Å²) in [5, 5.41) is 0. The molecular formula is C12H16BrNO. The minimum absolute atomic E-state index is 0.193. The molecule has 0 spiro atoms. The van der Waals surface area contributed by atoms with Crippen LogP contribution in [0.15, 0.2) is 41.4 Å². The van der Waals surface area contributed by atoms with Gasteiger partial charge in [-0.3, -0.25) is 4.90 Å². The van der Waals surface area contributed by atoms with Crippen molar-refractivity contribution < 1.29 is 4.74 Å². The van der Waals surface area contributed by atoms with Crippen molar-refractivity contribution in [3.8, 4) is 0 Å². The van der Waals surface area contributed by atoms with Gasteiger partial charge in [-0.1, -0.05) is 34.1 Å². The van der Waals surface area contributed by atoms with Crippen LogP contribution in [0.5, 0.6) is 0 Å². The highest BCUT2D eigenvalue weighted by atomic mass is 79.9. The Morgan fingerprint density at radius 3 is 2.53 bits per heavy atom. The lowest BCUT2D eigenvalue weighted by Gasteiger charge is -2.24. The maximum atomic E-state index is 5.10. The van der Waals surface area contributed by atoms with Crippen molar-refractivity contribution in [2.45, 2.75) is 6.04 Å². The number of hydrogen-bond acceptors (Lipinski definition) is 2. The second-order valence-corrected chi connectivity index (χ2v) is 4.32. The Morgan fingerprint density at radius 1 is 1.47 bits per heavy atom. The Balaban J connectivity index is 2.82. The van der Waals surface area contributed by atoms with Gasteiger partial charge in [0.15, 0.2) is 0 Å². The molecule has 1 aromatic carbocycles. The summed E-state index contributed by atoms with van der Waals surface area (Å²) in [6.45, 7) is 4.44. The van der Waals surface area contributed by atoms with E-state index in [1.807, 2.05) is 25.3 Å². The number of rotatable bonds is 5. The minimum atomic E-state index is 0.193. The SMILES string of the molecule is C=C[C@@H](c1ccc(Br)cc1)N(C)COC. The zero-order valence-electron chi connectivity index (χ0n) is 9.11. The van der Waals surface area contributed by atoms with Gasteiger partial charge < -0.3 is 4.74 Å². The average molecular weight is 270 g/mol. The van der Waals surface area contributed by atoms with Crippen LogP contribution in [-0.2, 0) is 4.74 Å². The lowest BCUT2D eigenvalue weighted by molar-refractivity contribution is 0.0651. The fourth-order valence-corrected chi connectivity index (χ4v) is 1.78. The first-order chi connectivity index (χ1) is 7.19. The summed E-state index contributed by atoms with van der Waals surface area (Å²) in [4.78, 5) is 2.09. The van der Waals surface area contributed by atoms with Gasteiger partial charge in [0.2, 0.25) is 0 Å². The maximum absolute atomic E-state index is 5.10. The average Bonchev–Trinajstić information content (AvgIpc) is 2.22. The van der Waals surface area contributed by atoms with E-state index in [0.29, 0.717) is 6.73 Å². The smallest absolute Gasteiger partial charge is 0.0991 e. The number of nitrogens with zero attached hydrogens (tertiary/aromatic N) is 1. The normalized spacial score (nSPS) is 12.8. The monoisotopic (exact) mass is 269 g/mol. The Labute approximate surface area is 99.7 Å². The van der Waals surface area contributed by atoms with E-state index < -0.39 is 0 Å². The zero-order valence-corrected chi connectivity index (χ0v) is 10.7. The molecule has 0 amide bonds. The van der Waals surface area contributed by atoms with Gasteiger partial charge in [0.1, 0.15) is 0 Å². The first kappa shape index (κ1) is 12.4. The number of methoxy groups -OCH3 is 1. The standard InChI is InChI=1S/C12H16BrNO/c1-4-12(14(2)9-15-3)10-5-7-11(13)8-6-10/h4-8,12H,1,9H2,2-3H3/t12-/m0/s1. The van der Waals surface area contributed by atoms with Gasteiger partial charge in [-0.25, -0.2) is 0 Å². The Morgan fingerprint density at radius 2 is 2.07 bits per heavy atom. The molecule has 0 unspecified atom stereocenters. The maximum Gasteiger partial charge on any atom is 0.0991 e. The molecule has 0 N–H and O–H groups in total. The van der Waals surface area contributed by atoms with Crippen molar-refractivity contribution in [2.75, 3.05) is 20.9 Å². The van der Waals surface area contributed by atoms with Crippen LogP contribution in [0.25, 0.3) is 0 Å². The summed E-state index contributed by atoms with van der Waals surface area (Å²) in [5.41, 5.74) is 1.22. The van der Waals surface area contributed by atoms with Crippen molar-refractivity contribution >= 4 is 15.9 Å². The van der Waals surface area contributed by atoms with Crippen LogP contribution < -0.4 is 0 Å². The molecule has 82 valence electrons. The Bertz CT molecular complexity index is 310. The predicted molar refractivity (Wildman–Crippen MR) is 66.7 cm³/mol. The summed E-state index contributed by atoms with van der Waals surface area (Å²) >= 11 is 3.42. The Hall–Kier alpha value is -0.640. The lowest BCUT2D eigenvalue weighted by Crippen LogP contribution is -2.25. The van der Waals surface area contributed by atoms with Crippen molar-refractivity contribution in [1.29, 1.82) is 0 Å². The highest BCUT2D eigenvalue weighted by Gasteiger charge is 2.12. The number of likely N-dealkylation sites (N-methyl/N-ethyl adjacent to an activating group) is 1. The van der Waals surface area contributed by atoms with E-state index in [1.165, 1.54) is 5.56 Å². The molecule has 0 aliphatic rings. The van der Waals surface area contributed by atoms with Crippen molar-refractivity contribution in [3.05, 3.63) is 47.0 Å². The highest BCUT2D eigenvalue weighted by molar-refractivity contribution is 9.10. The van der Waals surface area contributed by atoms with Crippen molar-refractivity contribution in [1.82, 2.24) is 4.90 Å². The highest BCUT2D eigenvalue weighted by Crippen LogP contribution is 2.22. The molecular weight excluding hydrogens is 254 g/mol. The van der Waals surface area contributed by atoms with Crippen LogP contribution in [0, 0.1) is 0 Å². The molecule has 3 heteroatoms. The lowest BCUT2D eigenvalue weighted by atomic mass is 10.1. The van der Waals surface area contributed by atoms with Crippen LogP contribution >= 0.6 is 15.9 Å². The third kappa shape index (κ3) is 3.45. The van der Waals surface area contributed by atoms with E-state index in [4.69, 9.17) is 4.74 Å². The molecule has 1 atom stereocenters. The van der Waals surface area contributed by atoms with Gasteiger partial charge in [-0.2, -0.15) is 0 Å². The van der Waals surface area contributed by atoms with Gasteiger partial charge in [-0.05, 0) is 24.7 Å². The first-order valence-corrected chi connectivity index (χ1v) is 5.55. The van der Waals surface area contributed by atoms with Gasteiger partial charge in [-0.15, -0.1) is 6.58 Å². The van der Waals surface area contributed by atoms with Crippen molar-refractivity contribution in [3.63, 3.8) is 0 Å². The second kappa shape index (κ2) is 6.05. The first-order valence-electron chi connectivity index (χ1n) is 4.76. The van der Waals surface area contributed by atoms with Gasteiger partial charge >= 0.3 is 0 Å². The minimum Gasteiger partial charge on any atom is -0.369 e. The fourth-order valence-electron chi connectivity index (χ4n) is 1.51. The van der Waals surface area contributed by atoms with Gasteiger partial charge in [0.05, 0.1) is 12.8 Å². The molecule has 0 fully saturated rings. The van der Waals surface area contributed by atoms with E-state index in [0.717, 1.165) is 4.47 Å². The number of benzene rings is 1. The molecule has 0 aromatic heterocycles. The largest absolute Gasteiger partial charge is 0.369 e. The van der Waals surface area contributed by atoms with E-state index in [2.05, 4.69) is 39.5 Å².